The number of hydrogen-bond acceptors (Lipinski definition) is 2. The molecule has 0 saturated heterocycles. The van der Waals surface area contributed by atoms with Gasteiger partial charge in [-0.05, 0) is 5.69 Å². The normalized spacial score (nSPS) is 8.17. The summed E-state index contributed by atoms with van der Waals surface area (Å²) in [5.74, 6) is 0. The van der Waals surface area contributed by atoms with E-state index in [-0.39, 0.29) is 21.1 Å². The summed E-state index contributed by atoms with van der Waals surface area (Å²) in [5, 5.41) is 0. The summed E-state index contributed by atoms with van der Waals surface area (Å²) >= 11 is 0. The molecule has 2 nitrogen and oxygen atoms in total. The van der Waals surface area contributed by atoms with Gasteiger partial charge in [0.05, 0.1) is 0 Å². The van der Waals surface area contributed by atoms with E-state index in [0.29, 0.717) is 5.69 Å². The third kappa shape index (κ3) is 2.73. The number of aliphatic imine (C=N–C) groups is 1. The van der Waals surface area contributed by atoms with Gasteiger partial charge in [0.15, 0.2) is 0 Å². The predicted octanol–water partition coefficient (Wildman–Crippen LogP) is 2.07. The van der Waals surface area contributed by atoms with E-state index in [0.717, 1.165) is 11.1 Å². The Labute approximate surface area is 86.0 Å². The monoisotopic (exact) mass is 330 g/mol. The maximum Gasteiger partial charge on any atom is 0.227 e. The van der Waals surface area contributed by atoms with Crippen LogP contribution in [0.4, 0.5) is 5.69 Å². The molecule has 0 radical (unpaired) electrons. The second kappa shape index (κ2) is 5.03. The summed E-state index contributed by atoms with van der Waals surface area (Å²) < 4.78 is 0. The molecule has 1 aromatic rings. The Morgan fingerprint density at radius 3 is 2.67 bits per heavy atom. The first kappa shape index (κ1) is 11.3. The van der Waals surface area contributed by atoms with Crippen LogP contribution in [-0.4, -0.2) is 6.08 Å². The fourth-order valence-electron chi connectivity index (χ4n) is 0.906. The van der Waals surface area contributed by atoms with Crippen LogP contribution in [0.5, 0.6) is 0 Å². The molecule has 0 amide bonds. The fourth-order valence-corrected chi connectivity index (χ4v) is 0.906. The van der Waals surface area contributed by atoms with Gasteiger partial charge in [-0.1, -0.05) is 13.8 Å². The minimum Gasteiger partial charge on any atom is -0.235 e. The molecule has 0 unspecified atom stereocenters. The van der Waals surface area contributed by atoms with E-state index in [4.69, 9.17) is 0 Å². The van der Waals surface area contributed by atoms with E-state index in [1.54, 1.807) is 6.07 Å². The molecular weight excluding hydrogens is 322 g/mol. The largest absolute Gasteiger partial charge is 0.235 e. The molecule has 0 saturated carbocycles. The molecular formula is C9H8NOW-. The van der Waals surface area contributed by atoms with Crippen LogP contribution in [0.3, 0.4) is 0 Å². The smallest absolute Gasteiger partial charge is 0.227 e. The molecule has 0 aliphatic carbocycles. The van der Waals surface area contributed by atoms with Gasteiger partial charge in [0.25, 0.3) is 0 Å². The van der Waals surface area contributed by atoms with Gasteiger partial charge in [-0.15, -0.1) is 5.56 Å². The first-order valence-corrected chi connectivity index (χ1v) is 3.31. The Kier molecular flexibility index (Phi) is 4.73. The standard InChI is InChI=1S/C9H8NO.W/c1-7-3-4-9(10-6-11)8(2)5-7;/h4-5H,1-2H3;/q-1;. The van der Waals surface area contributed by atoms with E-state index in [1.165, 1.54) is 6.08 Å². The van der Waals surface area contributed by atoms with E-state index in [1.807, 2.05) is 19.9 Å². The zero-order valence-electron chi connectivity index (χ0n) is 6.92. The van der Waals surface area contributed by atoms with Crippen LogP contribution in [0.15, 0.2) is 17.1 Å². The predicted molar refractivity (Wildman–Crippen MR) is 42.5 cm³/mol. The minimum atomic E-state index is 0. The first-order valence-electron chi connectivity index (χ1n) is 3.31. The van der Waals surface area contributed by atoms with Gasteiger partial charge < -0.3 is 0 Å². The summed E-state index contributed by atoms with van der Waals surface area (Å²) in [5.41, 5.74) is 2.67. The molecule has 0 atom stereocenters. The average molecular weight is 330 g/mol. The number of aryl methyl sites for hydroxylation is 2. The summed E-state index contributed by atoms with van der Waals surface area (Å²) in [6.07, 6.45) is 1.50. The maximum atomic E-state index is 9.91. The van der Waals surface area contributed by atoms with Crippen molar-refractivity contribution in [2.24, 2.45) is 4.99 Å². The van der Waals surface area contributed by atoms with Crippen LogP contribution < -0.4 is 0 Å². The second-order valence-corrected chi connectivity index (χ2v) is 2.39. The minimum absolute atomic E-state index is 0. The SMILES string of the molecule is Cc1[c-]cc(N=C=O)c(C)c1.[W]. The fraction of sp³-hybridized carbons (Fsp3) is 0.222. The summed E-state index contributed by atoms with van der Waals surface area (Å²) in [6, 6.07) is 6.57. The van der Waals surface area contributed by atoms with Gasteiger partial charge in [-0.2, -0.15) is 23.8 Å². The van der Waals surface area contributed by atoms with E-state index >= 15 is 0 Å². The van der Waals surface area contributed by atoms with Gasteiger partial charge in [0.2, 0.25) is 6.08 Å². The number of carbonyl (C=O) groups excluding carboxylic acids is 1. The Bertz CT molecular complexity index is 316. The van der Waals surface area contributed by atoms with Crippen molar-refractivity contribution in [1.29, 1.82) is 0 Å². The number of hydrogen-bond donors (Lipinski definition) is 0. The van der Waals surface area contributed by atoms with Crippen molar-refractivity contribution in [3.05, 3.63) is 29.3 Å². The number of rotatable bonds is 1. The Morgan fingerprint density at radius 1 is 1.50 bits per heavy atom. The van der Waals surface area contributed by atoms with Crippen LogP contribution in [-0.2, 0) is 25.9 Å². The second-order valence-electron chi connectivity index (χ2n) is 2.39. The van der Waals surface area contributed by atoms with Crippen molar-refractivity contribution >= 4 is 11.8 Å². The maximum absolute atomic E-state index is 9.91. The molecule has 1 aromatic carbocycles. The molecule has 0 aliphatic heterocycles. The summed E-state index contributed by atoms with van der Waals surface area (Å²) in [6.45, 7) is 3.85. The first-order chi connectivity index (χ1) is 5.24. The number of nitrogens with zero attached hydrogens (tertiary/aromatic N) is 1. The Balaban J connectivity index is 0.00000121. The van der Waals surface area contributed by atoms with Crippen LogP contribution in [0.25, 0.3) is 0 Å². The topological polar surface area (TPSA) is 29.4 Å². The van der Waals surface area contributed by atoms with Crippen molar-refractivity contribution < 1.29 is 25.9 Å². The van der Waals surface area contributed by atoms with Crippen molar-refractivity contribution in [2.45, 2.75) is 13.8 Å². The quantitative estimate of drug-likeness (QED) is 0.440. The molecule has 0 N–H and O–H groups in total. The third-order valence-electron chi connectivity index (χ3n) is 1.44. The van der Waals surface area contributed by atoms with Crippen LogP contribution in [0.1, 0.15) is 11.1 Å². The zero-order chi connectivity index (χ0) is 8.27. The van der Waals surface area contributed by atoms with Crippen LogP contribution in [0, 0.1) is 19.9 Å². The van der Waals surface area contributed by atoms with Crippen LogP contribution >= 0.6 is 0 Å². The van der Waals surface area contributed by atoms with Gasteiger partial charge >= 0.3 is 0 Å². The van der Waals surface area contributed by atoms with Crippen molar-refractivity contribution in [3.63, 3.8) is 0 Å². The molecule has 0 aliphatic rings. The van der Waals surface area contributed by atoms with Crippen molar-refractivity contribution in [2.75, 3.05) is 0 Å². The van der Waals surface area contributed by atoms with Gasteiger partial charge in [0.1, 0.15) is 0 Å². The van der Waals surface area contributed by atoms with E-state index in [2.05, 4.69) is 11.1 Å². The Hall–Kier alpha value is -0.712. The van der Waals surface area contributed by atoms with Crippen molar-refractivity contribution in [3.8, 4) is 0 Å². The molecule has 0 bridgehead atoms. The molecule has 0 fully saturated rings. The molecule has 62 valence electrons. The van der Waals surface area contributed by atoms with E-state index < -0.39 is 0 Å². The molecule has 3 heteroatoms. The van der Waals surface area contributed by atoms with Gasteiger partial charge in [-0.25, -0.2) is 9.79 Å². The zero-order valence-corrected chi connectivity index (χ0v) is 9.85. The number of benzene rings is 1. The van der Waals surface area contributed by atoms with Crippen molar-refractivity contribution in [1.82, 2.24) is 0 Å². The molecule has 0 spiro atoms. The van der Waals surface area contributed by atoms with Gasteiger partial charge in [-0.3, -0.25) is 0 Å². The molecule has 0 aromatic heterocycles. The average Bonchev–Trinajstić information content (AvgIpc) is 1.95. The molecule has 1 rings (SSSR count). The summed E-state index contributed by atoms with van der Waals surface area (Å²) in [7, 11) is 0. The summed E-state index contributed by atoms with van der Waals surface area (Å²) in [4.78, 5) is 13.4. The molecule has 12 heavy (non-hydrogen) atoms. The van der Waals surface area contributed by atoms with Gasteiger partial charge in [0, 0.05) is 21.1 Å². The Morgan fingerprint density at radius 2 is 2.17 bits per heavy atom. The third-order valence-corrected chi connectivity index (χ3v) is 1.44. The van der Waals surface area contributed by atoms with Crippen LogP contribution in [0.2, 0.25) is 0 Å². The number of isocyanates is 1. The molecule has 0 heterocycles. The van der Waals surface area contributed by atoms with E-state index in [9.17, 15) is 4.79 Å².